The van der Waals surface area contributed by atoms with Gasteiger partial charge in [-0.05, 0) is 227 Å². The summed E-state index contributed by atoms with van der Waals surface area (Å²) in [4.78, 5) is 56.0. The van der Waals surface area contributed by atoms with Crippen molar-refractivity contribution in [3.63, 3.8) is 0 Å². The molecule has 0 saturated carbocycles. The van der Waals surface area contributed by atoms with Crippen LogP contribution in [0, 0.1) is 11.8 Å². The summed E-state index contributed by atoms with van der Waals surface area (Å²) < 4.78 is 47.0. The standard InChI is InChI=1S/C78H124N2O12S2/c1-5-9-13-17-21-25-55-87-77(88-56-26-22-18-14-10-6-2)33-29-31-73(81)91-65-71-39-35-69(36-40-71)63-75(83)85-59-47-67-43-49-79(50-44-67)53-61-93-94-62-54-80-51-45-68(46-52-80)48-60-86-76(84)64-70-37-41-72(42-38-70)66-92-74(82)32-30-34-78(89-57-27-23-19-15-11-7-3)90-58-28-24-20-16-12-8-4/h9-16,35-42,67-68,77-78H,5-8,17-34,43-66H2,1-4H3/b13-9-,14-10-,15-11-,16-12-. The monoisotopic (exact) mass is 1340 g/mol. The third-order valence-electron chi connectivity index (χ3n) is 17.1. The van der Waals surface area contributed by atoms with Gasteiger partial charge in [0.05, 0.1) is 26.1 Å². The summed E-state index contributed by atoms with van der Waals surface area (Å²) in [5.41, 5.74) is 3.54. The van der Waals surface area contributed by atoms with Crippen LogP contribution in [0.25, 0.3) is 0 Å². The second kappa shape index (κ2) is 56.7. The van der Waals surface area contributed by atoms with E-state index in [4.69, 9.17) is 37.9 Å². The van der Waals surface area contributed by atoms with Crippen LogP contribution in [0.5, 0.6) is 0 Å². The quantitative estimate of drug-likeness (QED) is 0.0154. The number of nitrogens with zero attached hydrogens (tertiary/aromatic N) is 2. The Morgan fingerprint density at radius 1 is 0.404 bits per heavy atom. The molecule has 0 unspecified atom stereocenters. The van der Waals surface area contributed by atoms with Crippen molar-refractivity contribution in [2.75, 3.05) is 90.4 Å². The Bertz CT molecular complexity index is 2120. The van der Waals surface area contributed by atoms with Crippen molar-refractivity contribution in [1.29, 1.82) is 0 Å². The van der Waals surface area contributed by atoms with Crippen LogP contribution in [0.1, 0.15) is 230 Å². The van der Waals surface area contributed by atoms with Crippen LogP contribution in [0.15, 0.2) is 97.1 Å². The number of likely N-dealkylation sites (tertiary alicyclic amines) is 2. The van der Waals surface area contributed by atoms with Crippen LogP contribution < -0.4 is 0 Å². The first-order valence-electron chi connectivity index (χ1n) is 36.7. The van der Waals surface area contributed by atoms with Crippen LogP contribution in [0.4, 0.5) is 0 Å². The van der Waals surface area contributed by atoms with Gasteiger partial charge in [-0.2, -0.15) is 0 Å². The molecule has 2 aliphatic heterocycles. The van der Waals surface area contributed by atoms with E-state index in [1.807, 2.05) is 70.1 Å². The summed E-state index contributed by atoms with van der Waals surface area (Å²) in [6.45, 7) is 19.1. The molecule has 0 spiro atoms. The maximum absolute atomic E-state index is 12.7. The van der Waals surface area contributed by atoms with Crippen molar-refractivity contribution in [2.45, 2.75) is 246 Å². The number of esters is 4. The van der Waals surface area contributed by atoms with Gasteiger partial charge in [0.1, 0.15) is 13.2 Å². The largest absolute Gasteiger partial charge is 0.465 e. The van der Waals surface area contributed by atoms with Crippen molar-refractivity contribution in [3.8, 4) is 0 Å². The third kappa shape index (κ3) is 43.8. The Balaban J connectivity index is 0.946. The van der Waals surface area contributed by atoms with Crippen molar-refractivity contribution in [2.24, 2.45) is 11.8 Å². The molecule has 2 heterocycles. The molecule has 16 heteroatoms. The van der Waals surface area contributed by atoms with Gasteiger partial charge in [0.25, 0.3) is 0 Å². The SMILES string of the molecule is CC/C=C\CCCCOC(CCCC(=O)OCc1ccc(CC(=O)OCCC2CCN(CCSSCCN3CCC(CCOC(=O)Cc4ccc(COC(=O)CCCC(OCCCC/C=C\CC)OCCCC/C=C\CC)cc4)CC3)CC2)cc1)OCCCC/C=C\CC. The topological polar surface area (TPSA) is 149 Å². The molecule has 0 radical (unpaired) electrons. The lowest BCUT2D eigenvalue weighted by Gasteiger charge is -2.32. The van der Waals surface area contributed by atoms with Crippen molar-refractivity contribution in [1.82, 2.24) is 9.80 Å². The fourth-order valence-corrected chi connectivity index (χ4v) is 13.3. The molecular weight excluding hydrogens is 1220 g/mol. The normalized spacial score (nSPS) is 14.7. The molecule has 0 aromatic heterocycles. The maximum Gasteiger partial charge on any atom is 0.310 e. The Morgan fingerprint density at radius 2 is 0.723 bits per heavy atom. The lowest BCUT2D eigenvalue weighted by molar-refractivity contribution is -0.153. The molecule has 0 aliphatic carbocycles. The molecule has 0 atom stereocenters. The minimum absolute atomic E-state index is 0.196. The van der Waals surface area contributed by atoms with Crippen molar-refractivity contribution in [3.05, 3.63) is 119 Å². The summed E-state index contributed by atoms with van der Waals surface area (Å²) >= 11 is 0. The molecule has 2 aromatic rings. The second-order valence-corrected chi connectivity index (χ2v) is 27.9. The van der Waals surface area contributed by atoms with Crippen LogP contribution in [0.3, 0.4) is 0 Å². The van der Waals surface area contributed by atoms with Crippen LogP contribution in [-0.2, 0) is 83.1 Å². The fourth-order valence-electron chi connectivity index (χ4n) is 11.3. The molecule has 0 amide bonds. The first kappa shape index (κ1) is 82.2. The zero-order valence-corrected chi connectivity index (χ0v) is 60.3. The number of carbonyl (C=O) groups is 4. The van der Waals surface area contributed by atoms with Crippen LogP contribution in [0.2, 0.25) is 0 Å². The molecule has 2 aromatic carbocycles. The lowest BCUT2D eigenvalue weighted by atomic mass is 9.94. The van der Waals surface area contributed by atoms with Gasteiger partial charge in [0, 0.05) is 63.9 Å². The van der Waals surface area contributed by atoms with Gasteiger partial charge in [-0.25, -0.2) is 0 Å². The Morgan fingerprint density at radius 3 is 1.04 bits per heavy atom. The zero-order valence-electron chi connectivity index (χ0n) is 58.7. The molecular formula is C78H124N2O12S2. The van der Waals surface area contributed by atoms with E-state index in [-0.39, 0.29) is 62.5 Å². The number of hydrogen-bond donors (Lipinski definition) is 0. The van der Waals surface area contributed by atoms with Gasteiger partial charge in [-0.3, -0.25) is 19.2 Å². The van der Waals surface area contributed by atoms with Gasteiger partial charge >= 0.3 is 23.9 Å². The number of piperidine rings is 2. The van der Waals surface area contributed by atoms with Crippen molar-refractivity contribution >= 4 is 45.5 Å². The second-order valence-electron chi connectivity index (χ2n) is 25.2. The molecule has 4 rings (SSSR count). The number of benzene rings is 2. The first-order chi connectivity index (χ1) is 46.2. The predicted octanol–water partition coefficient (Wildman–Crippen LogP) is 17.8. The Labute approximate surface area is 577 Å². The van der Waals surface area contributed by atoms with E-state index in [9.17, 15) is 19.2 Å². The van der Waals surface area contributed by atoms with Gasteiger partial charge in [0.2, 0.25) is 0 Å². The highest BCUT2D eigenvalue weighted by molar-refractivity contribution is 8.76. The van der Waals surface area contributed by atoms with E-state index in [1.54, 1.807) is 0 Å². The van der Waals surface area contributed by atoms with Gasteiger partial charge in [0.15, 0.2) is 12.6 Å². The molecule has 94 heavy (non-hydrogen) atoms. The molecule has 2 fully saturated rings. The first-order valence-corrected chi connectivity index (χ1v) is 39.2. The number of allylic oxidation sites excluding steroid dienone is 8. The Kier molecular flexibility index (Phi) is 49.6. The van der Waals surface area contributed by atoms with E-state index in [0.717, 1.165) is 214 Å². The minimum Gasteiger partial charge on any atom is -0.465 e. The van der Waals surface area contributed by atoms with Gasteiger partial charge in [-0.15, -0.1) is 0 Å². The lowest BCUT2D eigenvalue weighted by Crippen LogP contribution is -2.36. The minimum atomic E-state index is -0.310. The third-order valence-corrected chi connectivity index (χ3v) is 19.5. The smallest absolute Gasteiger partial charge is 0.310 e. The number of ether oxygens (including phenoxy) is 8. The van der Waals surface area contributed by atoms with Crippen LogP contribution >= 0.6 is 21.6 Å². The van der Waals surface area contributed by atoms with E-state index in [2.05, 4.69) is 86.1 Å². The molecule has 0 bridgehead atoms. The molecule has 14 nitrogen and oxygen atoms in total. The summed E-state index contributed by atoms with van der Waals surface area (Å²) in [7, 11) is 3.97. The van der Waals surface area contributed by atoms with Crippen molar-refractivity contribution < 1.29 is 57.1 Å². The van der Waals surface area contributed by atoms with E-state index < -0.39 is 0 Å². The van der Waals surface area contributed by atoms with Gasteiger partial charge in [-0.1, -0.05) is 146 Å². The summed E-state index contributed by atoms with van der Waals surface area (Å²) in [5, 5.41) is 0. The summed E-state index contributed by atoms with van der Waals surface area (Å²) in [5.74, 6) is 2.52. The highest BCUT2D eigenvalue weighted by Crippen LogP contribution is 2.27. The highest BCUT2D eigenvalue weighted by atomic mass is 33.1. The highest BCUT2D eigenvalue weighted by Gasteiger charge is 2.22. The maximum atomic E-state index is 12.7. The molecule has 530 valence electrons. The van der Waals surface area contributed by atoms with E-state index in [0.29, 0.717) is 90.0 Å². The number of hydrogen-bond acceptors (Lipinski definition) is 16. The zero-order chi connectivity index (χ0) is 67.0. The average molecular weight is 1350 g/mol. The number of carbonyl (C=O) groups excluding carboxylic acids is 4. The summed E-state index contributed by atoms with van der Waals surface area (Å²) in [6.07, 6.45) is 43.9. The summed E-state index contributed by atoms with van der Waals surface area (Å²) in [6, 6.07) is 15.3. The van der Waals surface area contributed by atoms with Gasteiger partial charge < -0.3 is 47.7 Å². The number of unbranched alkanes of at least 4 members (excludes halogenated alkanes) is 8. The average Bonchev–Trinajstić information content (AvgIpc) is 3.03. The number of rotatable bonds is 57. The fraction of sp³-hybridized carbons (Fsp3) is 0.692. The van der Waals surface area contributed by atoms with Crippen LogP contribution in [-0.4, -0.2) is 137 Å². The Hall–Kier alpha value is -4.26. The van der Waals surface area contributed by atoms with E-state index in [1.165, 1.54) is 0 Å². The van der Waals surface area contributed by atoms with E-state index >= 15 is 0 Å². The molecule has 2 aliphatic rings. The molecule has 2 saturated heterocycles. The molecule has 0 N–H and O–H groups in total. The predicted molar refractivity (Wildman–Crippen MR) is 386 cm³/mol.